The van der Waals surface area contributed by atoms with E-state index in [1.807, 2.05) is 0 Å². The molecule has 162 valence electrons. The molecule has 0 amide bonds. The molecule has 3 rings (SSSR count). The predicted molar refractivity (Wildman–Crippen MR) is 119 cm³/mol. The summed E-state index contributed by atoms with van der Waals surface area (Å²) in [5.41, 5.74) is 5.02. The summed E-state index contributed by atoms with van der Waals surface area (Å²) >= 11 is 0. The van der Waals surface area contributed by atoms with Crippen molar-refractivity contribution in [1.82, 2.24) is 0 Å². The third-order valence-electron chi connectivity index (χ3n) is 5.51. The van der Waals surface area contributed by atoms with Gasteiger partial charge in [0.25, 0.3) is 0 Å². The zero-order valence-electron chi connectivity index (χ0n) is 18.3. The van der Waals surface area contributed by atoms with Gasteiger partial charge in [-0.15, -0.1) is 0 Å². The molecule has 1 saturated heterocycles. The third kappa shape index (κ3) is 7.26. The number of aryl methyl sites for hydroxylation is 2. The molecule has 0 saturated carbocycles. The topological polar surface area (TPSA) is 44.8 Å². The van der Waals surface area contributed by atoms with Gasteiger partial charge in [-0.25, -0.2) is 0 Å². The second-order valence-corrected chi connectivity index (χ2v) is 8.20. The minimum Gasteiger partial charge on any atom is -0.465 e. The van der Waals surface area contributed by atoms with Crippen molar-refractivity contribution >= 4 is 5.97 Å². The van der Waals surface area contributed by atoms with E-state index in [0.717, 1.165) is 32.1 Å². The number of unbranched alkanes of at least 4 members (excludes halogenated alkanes) is 2. The molecule has 0 aromatic heterocycles. The van der Waals surface area contributed by atoms with Crippen LogP contribution in [0.2, 0.25) is 0 Å². The highest BCUT2D eigenvalue weighted by molar-refractivity contribution is 5.69. The van der Waals surface area contributed by atoms with E-state index in [4.69, 9.17) is 14.2 Å². The summed E-state index contributed by atoms with van der Waals surface area (Å²) in [6.45, 7) is 5.78. The lowest BCUT2D eigenvalue weighted by Crippen LogP contribution is -2.35. The number of rotatable bonds is 10. The fourth-order valence-corrected chi connectivity index (χ4v) is 3.54. The molecular weight excluding hydrogens is 376 g/mol. The predicted octanol–water partition coefficient (Wildman–Crippen LogP) is 5.71. The summed E-state index contributed by atoms with van der Waals surface area (Å²) < 4.78 is 17.0. The van der Waals surface area contributed by atoms with Gasteiger partial charge in [0, 0.05) is 18.8 Å². The highest BCUT2D eigenvalue weighted by Crippen LogP contribution is 2.22. The van der Waals surface area contributed by atoms with Crippen LogP contribution in [-0.2, 0) is 25.4 Å². The largest absolute Gasteiger partial charge is 0.465 e. The zero-order chi connectivity index (χ0) is 21.2. The van der Waals surface area contributed by atoms with Gasteiger partial charge in [0.05, 0.1) is 19.8 Å². The van der Waals surface area contributed by atoms with Gasteiger partial charge >= 0.3 is 5.97 Å². The van der Waals surface area contributed by atoms with E-state index in [-0.39, 0.29) is 18.2 Å². The Bertz CT molecular complexity index is 759. The first-order valence-corrected chi connectivity index (χ1v) is 11.2. The molecule has 0 bridgehead atoms. The molecule has 0 aliphatic carbocycles. The van der Waals surface area contributed by atoms with Crippen molar-refractivity contribution in [3.05, 3.63) is 59.7 Å². The van der Waals surface area contributed by atoms with Crippen molar-refractivity contribution in [3.63, 3.8) is 0 Å². The summed E-state index contributed by atoms with van der Waals surface area (Å²) in [5.74, 6) is 0.0184. The van der Waals surface area contributed by atoms with E-state index < -0.39 is 0 Å². The lowest BCUT2D eigenvalue weighted by Gasteiger charge is -2.29. The van der Waals surface area contributed by atoms with E-state index in [9.17, 15) is 4.79 Å². The lowest BCUT2D eigenvalue weighted by atomic mass is 10.0. The van der Waals surface area contributed by atoms with Gasteiger partial charge in [-0.3, -0.25) is 4.79 Å². The van der Waals surface area contributed by atoms with Crippen LogP contribution >= 0.6 is 0 Å². The van der Waals surface area contributed by atoms with Crippen molar-refractivity contribution in [2.45, 2.75) is 58.7 Å². The maximum absolute atomic E-state index is 11.7. The van der Waals surface area contributed by atoms with E-state index in [1.165, 1.54) is 22.3 Å². The van der Waals surface area contributed by atoms with Gasteiger partial charge in [0.15, 0.2) is 6.29 Å². The normalized spacial score (nSPS) is 18.9. The standard InChI is InChI=1S/C26H34O4/c1-3-4-5-6-25(27)28-17-22-18-29-26(30-19-22)16-11-21-9-14-24(15-10-21)23-12-7-20(2)8-13-23/h7-10,12-15,22,26H,3-6,11,16-19H2,1-2H3. The van der Waals surface area contributed by atoms with Crippen LogP contribution in [0.15, 0.2) is 48.5 Å². The fraction of sp³-hybridized carbons (Fsp3) is 0.500. The molecule has 1 heterocycles. The van der Waals surface area contributed by atoms with E-state index in [2.05, 4.69) is 62.4 Å². The molecule has 0 radical (unpaired) electrons. The van der Waals surface area contributed by atoms with Crippen LogP contribution in [0.3, 0.4) is 0 Å². The molecule has 0 N–H and O–H groups in total. The number of ether oxygens (including phenoxy) is 3. The average Bonchev–Trinajstić information content (AvgIpc) is 2.78. The summed E-state index contributed by atoms with van der Waals surface area (Å²) in [5, 5.41) is 0. The van der Waals surface area contributed by atoms with Crippen LogP contribution in [-0.4, -0.2) is 32.1 Å². The molecule has 4 heteroatoms. The van der Waals surface area contributed by atoms with E-state index in [1.54, 1.807) is 0 Å². The van der Waals surface area contributed by atoms with Crippen LogP contribution in [0.4, 0.5) is 0 Å². The van der Waals surface area contributed by atoms with E-state index in [0.29, 0.717) is 26.2 Å². The van der Waals surface area contributed by atoms with Crippen molar-refractivity contribution in [1.29, 1.82) is 0 Å². The molecule has 0 atom stereocenters. The van der Waals surface area contributed by atoms with Crippen molar-refractivity contribution in [2.75, 3.05) is 19.8 Å². The smallest absolute Gasteiger partial charge is 0.305 e. The summed E-state index contributed by atoms with van der Waals surface area (Å²) in [4.78, 5) is 11.7. The highest BCUT2D eigenvalue weighted by Gasteiger charge is 2.23. The Hall–Kier alpha value is -2.17. The highest BCUT2D eigenvalue weighted by atomic mass is 16.7. The Morgan fingerprint density at radius 2 is 1.60 bits per heavy atom. The number of carbonyl (C=O) groups is 1. The third-order valence-corrected chi connectivity index (χ3v) is 5.51. The molecule has 0 spiro atoms. The Balaban J connectivity index is 1.34. The second kappa shape index (κ2) is 11.9. The van der Waals surface area contributed by atoms with Crippen LogP contribution in [0, 0.1) is 12.8 Å². The zero-order valence-corrected chi connectivity index (χ0v) is 18.3. The number of benzene rings is 2. The minimum atomic E-state index is -0.182. The molecule has 2 aromatic carbocycles. The van der Waals surface area contributed by atoms with Gasteiger partial charge in [-0.2, -0.15) is 0 Å². The van der Waals surface area contributed by atoms with Crippen molar-refractivity contribution in [2.24, 2.45) is 5.92 Å². The van der Waals surface area contributed by atoms with Gasteiger partial charge < -0.3 is 14.2 Å². The summed E-state index contributed by atoms with van der Waals surface area (Å²) in [7, 11) is 0. The van der Waals surface area contributed by atoms with Crippen LogP contribution in [0.25, 0.3) is 11.1 Å². The molecule has 4 nitrogen and oxygen atoms in total. The van der Waals surface area contributed by atoms with E-state index >= 15 is 0 Å². The summed E-state index contributed by atoms with van der Waals surface area (Å²) in [6.07, 6.45) is 5.15. The molecule has 1 aliphatic heterocycles. The number of esters is 1. The first-order valence-electron chi connectivity index (χ1n) is 11.2. The quantitative estimate of drug-likeness (QED) is 0.372. The van der Waals surface area contributed by atoms with Crippen LogP contribution < -0.4 is 0 Å². The molecule has 1 fully saturated rings. The van der Waals surface area contributed by atoms with Crippen LogP contribution in [0.1, 0.15) is 50.2 Å². The first-order chi connectivity index (χ1) is 14.6. The Morgan fingerprint density at radius 1 is 0.967 bits per heavy atom. The van der Waals surface area contributed by atoms with Gasteiger partial charge in [0.2, 0.25) is 0 Å². The Morgan fingerprint density at radius 3 is 2.23 bits per heavy atom. The molecule has 30 heavy (non-hydrogen) atoms. The second-order valence-electron chi connectivity index (χ2n) is 8.20. The number of hydrogen-bond donors (Lipinski definition) is 0. The number of hydrogen-bond acceptors (Lipinski definition) is 4. The monoisotopic (exact) mass is 410 g/mol. The maximum Gasteiger partial charge on any atom is 0.305 e. The molecule has 1 aliphatic rings. The van der Waals surface area contributed by atoms with Crippen molar-refractivity contribution < 1.29 is 19.0 Å². The molecular formula is C26H34O4. The van der Waals surface area contributed by atoms with Crippen molar-refractivity contribution in [3.8, 4) is 11.1 Å². The van der Waals surface area contributed by atoms with Gasteiger partial charge in [-0.1, -0.05) is 73.9 Å². The minimum absolute atomic E-state index is 0.111. The first kappa shape index (κ1) is 22.5. The maximum atomic E-state index is 11.7. The molecule has 0 unspecified atom stereocenters. The number of carbonyl (C=O) groups excluding carboxylic acids is 1. The average molecular weight is 411 g/mol. The fourth-order valence-electron chi connectivity index (χ4n) is 3.54. The lowest BCUT2D eigenvalue weighted by molar-refractivity contribution is -0.209. The van der Waals surface area contributed by atoms with Crippen LogP contribution in [0.5, 0.6) is 0 Å². The summed E-state index contributed by atoms with van der Waals surface area (Å²) in [6, 6.07) is 17.3. The SMILES string of the molecule is CCCCCC(=O)OCC1COC(CCc2ccc(-c3ccc(C)cc3)cc2)OC1. The Kier molecular flexibility index (Phi) is 8.91. The Labute approximate surface area is 180 Å². The van der Waals surface area contributed by atoms with Gasteiger partial charge in [-0.05, 0) is 36.5 Å². The molecule has 2 aromatic rings. The van der Waals surface area contributed by atoms with Gasteiger partial charge in [0.1, 0.15) is 0 Å².